The maximum Gasteiger partial charge on any atom is 0.416 e. The molecule has 9 heteroatoms. The number of benzene rings is 1. The Labute approximate surface area is 151 Å². The summed E-state index contributed by atoms with van der Waals surface area (Å²) in [5.41, 5.74) is -0.877. The van der Waals surface area contributed by atoms with E-state index in [0.717, 1.165) is 6.07 Å². The highest BCUT2D eigenvalue weighted by atomic mass is 32.2. The molecule has 1 aliphatic heterocycles. The van der Waals surface area contributed by atoms with Gasteiger partial charge in [0.15, 0.2) is 9.84 Å². The molecule has 1 aromatic rings. The summed E-state index contributed by atoms with van der Waals surface area (Å²) in [6.45, 7) is 4.55. The molecule has 5 nitrogen and oxygen atoms in total. The Morgan fingerprint density at radius 2 is 1.85 bits per heavy atom. The maximum atomic E-state index is 13.2. The zero-order chi connectivity index (χ0) is 19.8. The summed E-state index contributed by atoms with van der Waals surface area (Å²) in [7, 11) is -3.67. The molecule has 1 saturated heterocycles. The second-order valence-electron chi connectivity index (χ2n) is 7.16. The average Bonchev–Trinajstić information content (AvgIpc) is 2.52. The van der Waals surface area contributed by atoms with Crippen LogP contribution < -0.4 is 0 Å². The molecule has 0 spiro atoms. The number of hydrogen-bond donors (Lipinski definition) is 0. The summed E-state index contributed by atoms with van der Waals surface area (Å²) in [4.78, 5) is 13.6. The van der Waals surface area contributed by atoms with Crippen molar-refractivity contribution in [1.82, 2.24) is 4.90 Å². The van der Waals surface area contributed by atoms with E-state index < -0.39 is 44.1 Å². The van der Waals surface area contributed by atoms with Gasteiger partial charge in [0.1, 0.15) is 11.9 Å². The largest absolute Gasteiger partial charge is 0.416 e. The number of amides is 1. The molecular weight excluding hydrogens is 371 g/mol. The van der Waals surface area contributed by atoms with Crippen molar-refractivity contribution in [2.75, 3.05) is 25.4 Å². The van der Waals surface area contributed by atoms with Crippen LogP contribution in [0.25, 0.3) is 0 Å². The lowest BCUT2D eigenvalue weighted by Crippen LogP contribution is -2.46. The van der Waals surface area contributed by atoms with Crippen molar-refractivity contribution in [3.63, 3.8) is 0 Å². The number of nitrogens with zero attached hydrogens (tertiary/aromatic N) is 1. The van der Waals surface area contributed by atoms with Crippen LogP contribution in [0.3, 0.4) is 0 Å². The predicted octanol–water partition coefficient (Wildman–Crippen LogP) is 2.82. The van der Waals surface area contributed by atoms with Crippen LogP contribution in [0.1, 0.15) is 38.0 Å². The number of carbonyl (C=O) groups excluding carboxylic acids is 1. The molecule has 1 amide bonds. The molecule has 1 heterocycles. The fourth-order valence-corrected chi connectivity index (χ4v) is 3.51. The maximum absolute atomic E-state index is 13.2. The number of carbonyl (C=O) groups is 1. The van der Waals surface area contributed by atoms with Gasteiger partial charge in [0, 0.05) is 6.54 Å². The zero-order valence-electron chi connectivity index (χ0n) is 14.8. The Bertz CT molecular complexity index is 769. The lowest BCUT2D eigenvalue weighted by Gasteiger charge is -2.34. The fraction of sp³-hybridized carbons (Fsp3) is 0.588. The van der Waals surface area contributed by atoms with Crippen LogP contribution in [0.2, 0.25) is 0 Å². The molecule has 0 bridgehead atoms. The summed E-state index contributed by atoms with van der Waals surface area (Å²) in [6.07, 6.45) is -5.50. The molecule has 0 N–H and O–H groups in total. The Morgan fingerprint density at radius 3 is 2.42 bits per heavy atom. The van der Waals surface area contributed by atoms with Gasteiger partial charge >= 0.3 is 6.18 Å². The second-order valence-corrected chi connectivity index (χ2v) is 9.90. The van der Waals surface area contributed by atoms with E-state index in [1.54, 1.807) is 0 Å². The standard InChI is InChI=1S/C17H22F3NO4S/c1-16(2,3)26(23,24)11-15(22)21-8-9-25-14(10-21)12-6-4-5-7-13(12)17(18,19)20/h4-7,14H,8-11H2,1-3H3. The van der Waals surface area contributed by atoms with E-state index in [-0.39, 0.29) is 25.3 Å². The number of alkyl halides is 3. The van der Waals surface area contributed by atoms with E-state index in [9.17, 15) is 26.4 Å². The van der Waals surface area contributed by atoms with Gasteiger partial charge in [0.05, 0.1) is 23.5 Å². The summed E-state index contributed by atoms with van der Waals surface area (Å²) in [5, 5.41) is 0. The van der Waals surface area contributed by atoms with Gasteiger partial charge in [0.25, 0.3) is 0 Å². The van der Waals surface area contributed by atoms with Crippen molar-refractivity contribution in [2.45, 2.75) is 37.8 Å². The van der Waals surface area contributed by atoms with Crippen LogP contribution in [-0.4, -0.2) is 49.4 Å². The van der Waals surface area contributed by atoms with E-state index >= 15 is 0 Å². The second kappa shape index (κ2) is 7.19. The number of sulfone groups is 1. The molecule has 0 saturated carbocycles. The Balaban J connectivity index is 2.20. The van der Waals surface area contributed by atoms with Gasteiger partial charge in [-0.1, -0.05) is 18.2 Å². The van der Waals surface area contributed by atoms with Crippen molar-refractivity contribution >= 4 is 15.7 Å². The van der Waals surface area contributed by atoms with Crippen LogP contribution in [0.5, 0.6) is 0 Å². The Kier molecular flexibility index (Phi) is 5.72. The number of rotatable bonds is 3. The SMILES string of the molecule is CC(C)(C)S(=O)(=O)CC(=O)N1CCOC(c2ccccc2C(F)(F)F)C1. The van der Waals surface area contributed by atoms with E-state index in [0.29, 0.717) is 0 Å². The van der Waals surface area contributed by atoms with Gasteiger partial charge in [-0.3, -0.25) is 4.79 Å². The number of ether oxygens (including phenoxy) is 1. The first-order chi connectivity index (χ1) is 11.8. The summed E-state index contributed by atoms with van der Waals surface area (Å²) in [5.74, 6) is -1.30. The monoisotopic (exact) mass is 393 g/mol. The van der Waals surface area contributed by atoms with Gasteiger partial charge in [0.2, 0.25) is 5.91 Å². The minimum absolute atomic E-state index is 0.0398. The fourth-order valence-electron chi connectivity index (χ4n) is 2.57. The van der Waals surface area contributed by atoms with Gasteiger partial charge in [-0.15, -0.1) is 0 Å². The minimum Gasteiger partial charge on any atom is -0.370 e. The van der Waals surface area contributed by atoms with Crippen LogP contribution in [0, 0.1) is 0 Å². The molecule has 0 radical (unpaired) electrons. The van der Waals surface area contributed by atoms with E-state index in [1.165, 1.54) is 43.9 Å². The molecule has 1 aliphatic rings. The molecule has 2 rings (SSSR count). The molecule has 1 atom stereocenters. The number of halogens is 3. The van der Waals surface area contributed by atoms with Crippen LogP contribution >= 0.6 is 0 Å². The molecule has 1 unspecified atom stereocenters. The van der Waals surface area contributed by atoms with Gasteiger partial charge in [-0.05, 0) is 32.4 Å². The average molecular weight is 393 g/mol. The zero-order valence-corrected chi connectivity index (χ0v) is 15.7. The highest BCUT2D eigenvalue weighted by Gasteiger charge is 2.38. The van der Waals surface area contributed by atoms with Gasteiger partial charge in [-0.2, -0.15) is 13.2 Å². The smallest absolute Gasteiger partial charge is 0.370 e. The molecule has 0 aliphatic carbocycles. The lowest BCUT2D eigenvalue weighted by atomic mass is 10.0. The van der Waals surface area contributed by atoms with Crippen LogP contribution in [0.15, 0.2) is 24.3 Å². The third-order valence-electron chi connectivity index (χ3n) is 4.28. The van der Waals surface area contributed by atoms with Crippen LogP contribution in [0.4, 0.5) is 13.2 Å². The first-order valence-corrected chi connectivity index (χ1v) is 9.76. The molecule has 1 aromatic carbocycles. The molecule has 0 aromatic heterocycles. The number of hydrogen-bond acceptors (Lipinski definition) is 4. The third kappa shape index (κ3) is 4.56. The van der Waals surface area contributed by atoms with E-state index in [2.05, 4.69) is 0 Å². The first kappa shape index (κ1) is 20.7. The molecule has 146 valence electrons. The van der Waals surface area contributed by atoms with Crippen molar-refractivity contribution in [2.24, 2.45) is 0 Å². The van der Waals surface area contributed by atoms with E-state index in [4.69, 9.17) is 4.74 Å². The lowest BCUT2D eigenvalue weighted by molar-refractivity contribution is -0.142. The Morgan fingerprint density at radius 1 is 1.23 bits per heavy atom. The van der Waals surface area contributed by atoms with Crippen molar-refractivity contribution in [3.05, 3.63) is 35.4 Å². The van der Waals surface area contributed by atoms with Crippen molar-refractivity contribution < 1.29 is 31.1 Å². The van der Waals surface area contributed by atoms with Crippen molar-refractivity contribution in [3.8, 4) is 0 Å². The highest BCUT2D eigenvalue weighted by Crippen LogP contribution is 2.36. The molecule has 26 heavy (non-hydrogen) atoms. The van der Waals surface area contributed by atoms with E-state index in [1.807, 2.05) is 0 Å². The molecular formula is C17H22F3NO4S. The van der Waals surface area contributed by atoms with Gasteiger partial charge in [-0.25, -0.2) is 8.42 Å². The van der Waals surface area contributed by atoms with Crippen LogP contribution in [-0.2, 0) is 25.5 Å². The predicted molar refractivity (Wildman–Crippen MR) is 90.3 cm³/mol. The quantitative estimate of drug-likeness (QED) is 0.792. The molecule has 1 fully saturated rings. The Hall–Kier alpha value is -1.61. The van der Waals surface area contributed by atoms with Gasteiger partial charge < -0.3 is 9.64 Å². The summed E-state index contributed by atoms with van der Waals surface area (Å²) >= 11 is 0. The van der Waals surface area contributed by atoms with Crippen molar-refractivity contribution in [1.29, 1.82) is 0 Å². The minimum atomic E-state index is -4.54. The number of morpholine rings is 1. The highest BCUT2D eigenvalue weighted by molar-refractivity contribution is 7.93. The topological polar surface area (TPSA) is 63.7 Å². The summed E-state index contributed by atoms with van der Waals surface area (Å²) < 4.78 is 68.4. The summed E-state index contributed by atoms with van der Waals surface area (Å²) in [6, 6.07) is 5.03. The first-order valence-electron chi connectivity index (χ1n) is 8.11. The third-order valence-corrected chi connectivity index (χ3v) is 6.77. The normalized spacial score (nSPS) is 19.5.